The third-order valence-corrected chi connectivity index (χ3v) is 5.90. The highest BCUT2D eigenvalue weighted by Crippen LogP contribution is 2.42. The van der Waals surface area contributed by atoms with Crippen molar-refractivity contribution in [1.82, 2.24) is 4.98 Å². The van der Waals surface area contributed by atoms with Gasteiger partial charge in [0.1, 0.15) is 28.9 Å². The Morgan fingerprint density at radius 3 is 2.84 bits per heavy atom. The van der Waals surface area contributed by atoms with Crippen LogP contribution in [0, 0.1) is 18.3 Å². The molecule has 3 heterocycles. The Hall–Kier alpha value is -3.70. The Morgan fingerprint density at radius 1 is 1.29 bits per heavy atom. The number of hydrogen-bond donors (Lipinski definition) is 1. The molecule has 0 bridgehead atoms. The molecule has 31 heavy (non-hydrogen) atoms. The Bertz CT molecular complexity index is 1260. The minimum absolute atomic E-state index is 0.0229. The van der Waals surface area contributed by atoms with Gasteiger partial charge in [0.25, 0.3) is 0 Å². The summed E-state index contributed by atoms with van der Waals surface area (Å²) in [6, 6.07) is 15.0. The van der Waals surface area contributed by atoms with Crippen LogP contribution >= 0.6 is 11.8 Å². The number of rotatable bonds is 5. The van der Waals surface area contributed by atoms with E-state index in [1.54, 1.807) is 38.1 Å². The van der Waals surface area contributed by atoms with Crippen molar-refractivity contribution in [3.8, 4) is 17.6 Å². The molecule has 7 nitrogen and oxygen atoms in total. The van der Waals surface area contributed by atoms with Crippen molar-refractivity contribution in [1.29, 1.82) is 5.26 Å². The van der Waals surface area contributed by atoms with E-state index in [1.165, 1.54) is 0 Å². The molecule has 8 heteroatoms. The molecular formula is C23H19N3O4S. The molecule has 0 saturated heterocycles. The lowest BCUT2D eigenvalue weighted by Gasteiger charge is -2.25. The highest BCUT2D eigenvalue weighted by atomic mass is 32.2. The van der Waals surface area contributed by atoms with Crippen molar-refractivity contribution in [3.63, 3.8) is 0 Å². The Labute approximate surface area is 183 Å². The van der Waals surface area contributed by atoms with Gasteiger partial charge < -0.3 is 19.6 Å². The van der Waals surface area contributed by atoms with E-state index in [2.05, 4.69) is 11.1 Å². The quantitative estimate of drug-likeness (QED) is 0.604. The van der Waals surface area contributed by atoms with Crippen LogP contribution in [-0.4, -0.2) is 12.1 Å². The predicted octanol–water partition coefficient (Wildman–Crippen LogP) is 3.86. The van der Waals surface area contributed by atoms with E-state index in [9.17, 15) is 10.1 Å². The van der Waals surface area contributed by atoms with Crippen LogP contribution in [0.2, 0.25) is 0 Å². The molecule has 1 aromatic carbocycles. The first-order valence-electron chi connectivity index (χ1n) is 9.44. The lowest BCUT2D eigenvalue weighted by atomic mass is 9.84. The first kappa shape index (κ1) is 20.6. The van der Waals surface area contributed by atoms with Crippen LogP contribution in [0.3, 0.4) is 0 Å². The van der Waals surface area contributed by atoms with E-state index in [1.807, 2.05) is 36.4 Å². The fourth-order valence-corrected chi connectivity index (χ4v) is 4.37. The molecule has 1 atom stereocenters. The number of nitrogens with zero attached hydrogens (tertiary/aromatic N) is 2. The van der Waals surface area contributed by atoms with Crippen molar-refractivity contribution >= 4 is 11.8 Å². The Kier molecular flexibility index (Phi) is 5.69. The summed E-state index contributed by atoms with van der Waals surface area (Å²) in [5, 5.41) is 10.6. The molecule has 0 unspecified atom stereocenters. The molecule has 2 N–H and O–H groups in total. The number of aromatic nitrogens is 1. The van der Waals surface area contributed by atoms with Gasteiger partial charge in [-0.25, -0.2) is 9.78 Å². The number of methoxy groups -OCH3 is 1. The fraction of sp³-hybridized carbons (Fsp3) is 0.174. The summed E-state index contributed by atoms with van der Waals surface area (Å²) in [6.45, 7) is 1.65. The number of aryl methyl sites for hydroxylation is 1. The molecule has 0 radical (unpaired) electrons. The lowest BCUT2D eigenvalue weighted by molar-refractivity contribution is 0.371. The van der Waals surface area contributed by atoms with Gasteiger partial charge in [-0.2, -0.15) is 5.26 Å². The smallest absolute Gasteiger partial charge is 0.343 e. The molecule has 0 spiro atoms. The van der Waals surface area contributed by atoms with Crippen LogP contribution < -0.4 is 20.8 Å². The Morgan fingerprint density at radius 2 is 2.13 bits per heavy atom. The summed E-state index contributed by atoms with van der Waals surface area (Å²) in [5.74, 6) is 1.27. The van der Waals surface area contributed by atoms with Gasteiger partial charge >= 0.3 is 5.63 Å². The summed E-state index contributed by atoms with van der Waals surface area (Å²) in [6.07, 6.45) is 1.74. The maximum Gasteiger partial charge on any atom is 0.343 e. The van der Waals surface area contributed by atoms with Crippen LogP contribution in [0.25, 0.3) is 0 Å². The van der Waals surface area contributed by atoms with Crippen LogP contribution in [-0.2, 0) is 5.75 Å². The van der Waals surface area contributed by atoms with Gasteiger partial charge in [0.15, 0.2) is 0 Å². The van der Waals surface area contributed by atoms with Gasteiger partial charge in [0.05, 0.1) is 23.6 Å². The molecule has 0 fully saturated rings. The van der Waals surface area contributed by atoms with Gasteiger partial charge in [-0.3, -0.25) is 0 Å². The van der Waals surface area contributed by atoms with E-state index in [-0.39, 0.29) is 17.0 Å². The number of thioether (sulfide) groups is 1. The van der Waals surface area contributed by atoms with Crippen LogP contribution in [0.15, 0.2) is 74.4 Å². The normalized spacial score (nSPS) is 15.1. The van der Waals surface area contributed by atoms with Crippen molar-refractivity contribution in [2.75, 3.05) is 7.11 Å². The summed E-state index contributed by atoms with van der Waals surface area (Å²) in [7, 11) is 1.60. The summed E-state index contributed by atoms with van der Waals surface area (Å²) in [4.78, 5) is 17.0. The second-order valence-electron chi connectivity index (χ2n) is 6.88. The van der Waals surface area contributed by atoms with E-state index >= 15 is 0 Å². The minimum atomic E-state index is -0.699. The van der Waals surface area contributed by atoms with Crippen molar-refractivity contribution in [3.05, 3.63) is 93.0 Å². The predicted molar refractivity (Wildman–Crippen MR) is 116 cm³/mol. The highest BCUT2D eigenvalue weighted by Gasteiger charge is 2.34. The van der Waals surface area contributed by atoms with Crippen LogP contribution in [0.4, 0.5) is 0 Å². The average Bonchev–Trinajstić information content (AvgIpc) is 2.77. The number of pyridine rings is 1. The highest BCUT2D eigenvalue weighted by molar-refractivity contribution is 7.98. The number of allylic oxidation sites excluding steroid dienone is 1. The molecule has 0 aliphatic carbocycles. The fourth-order valence-electron chi connectivity index (χ4n) is 3.53. The summed E-state index contributed by atoms with van der Waals surface area (Å²) in [5.41, 5.74) is 7.51. The number of ether oxygens (including phenoxy) is 2. The van der Waals surface area contributed by atoms with Crippen molar-refractivity contribution < 1.29 is 13.9 Å². The minimum Gasteiger partial charge on any atom is -0.496 e. The second-order valence-corrected chi connectivity index (χ2v) is 7.87. The summed E-state index contributed by atoms with van der Waals surface area (Å²) >= 11 is 1.56. The maximum absolute atomic E-state index is 12.7. The topological polar surface area (TPSA) is 111 Å². The third-order valence-electron chi connectivity index (χ3n) is 4.91. The van der Waals surface area contributed by atoms with Crippen LogP contribution in [0.1, 0.15) is 28.4 Å². The molecule has 2 aromatic heterocycles. The van der Waals surface area contributed by atoms with Crippen molar-refractivity contribution in [2.45, 2.75) is 23.6 Å². The van der Waals surface area contributed by atoms with Gasteiger partial charge in [0, 0.05) is 23.6 Å². The van der Waals surface area contributed by atoms with Gasteiger partial charge in [-0.15, -0.1) is 11.8 Å². The average molecular weight is 433 g/mol. The first-order chi connectivity index (χ1) is 15.0. The van der Waals surface area contributed by atoms with E-state index in [0.29, 0.717) is 23.0 Å². The monoisotopic (exact) mass is 433 g/mol. The standard InChI is InChI=1S/C23H19N3O4S/c1-13-9-18-21(23(27)29-13)20(16(11-24)22(25)30-18)14-6-7-17(28-2)15(10-14)12-31-19-5-3-4-8-26-19/h3-10,20H,12,25H2,1-2H3/t20-/m1/s1. The van der Waals surface area contributed by atoms with Crippen molar-refractivity contribution in [2.24, 2.45) is 5.73 Å². The van der Waals surface area contributed by atoms with E-state index in [0.717, 1.165) is 16.2 Å². The number of nitrogens with two attached hydrogens (primary N) is 1. The molecular weight excluding hydrogens is 414 g/mol. The molecule has 1 aliphatic heterocycles. The second kappa shape index (κ2) is 8.58. The number of hydrogen-bond acceptors (Lipinski definition) is 8. The molecule has 3 aromatic rings. The van der Waals surface area contributed by atoms with Crippen LogP contribution in [0.5, 0.6) is 11.5 Å². The lowest BCUT2D eigenvalue weighted by Crippen LogP contribution is -2.26. The Balaban J connectivity index is 1.80. The van der Waals surface area contributed by atoms with E-state index < -0.39 is 11.5 Å². The first-order valence-corrected chi connectivity index (χ1v) is 10.4. The SMILES string of the molecule is COc1ccc([C@@H]2C(C#N)=C(N)Oc3cc(C)oc(=O)c32)cc1CSc1ccccn1. The molecule has 4 rings (SSSR count). The number of benzene rings is 1. The molecule has 0 saturated carbocycles. The maximum atomic E-state index is 12.7. The van der Waals surface area contributed by atoms with E-state index in [4.69, 9.17) is 19.6 Å². The van der Waals surface area contributed by atoms with Gasteiger partial charge in [0.2, 0.25) is 5.88 Å². The number of fused-ring (bicyclic) bond motifs is 1. The van der Waals surface area contributed by atoms with Gasteiger partial charge in [-0.05, 0) is 30.7 Å². The zero-order valence-corrected chi connectivity index (χ0v) is 17.7. The molecule has 1 aliphatic rings. The third kappa shape index (κ3) is 4.00. The largest absolute Gasteiger partial charge is 0.496 e. The molecule has 0 amide bonds. The zero-order chi connectivity index (χ0) is 22.0. The summed E-state index contributed by atoms with van der Waals surface area (Å²) < 4.78 is 16.4. The van der Waals surface area contributed by atoms with Gasteiger partial charge in [-0.1, -0.05) is 18.2 Å². The zero-order valence-electron chi connectivity index (χ0n) is 16.9. The number of nitriles is 1. The molecule has 156 valence electrons.